The smallest absolute Gasteiger partial charge is 0.255 e. The lowest BCUT2D eigenvalue weighted by molar-refractivity contribution is -0.293. The minimum absolute atomic E-state index is 0.0918. The van der Waals surface area contributed by atoms with E-state index in [0.29, 0.717) is 0 Å². The van der Waals surface area contributed by atoms with Gasteiger partial charge in [0.2, 0.25) is 12.1 Å². The summed E-state index contributed by atoms with van der Waals surface area (Å²) in [6, 6.07) is 0. The highest BCUT2D eigenvalue weighted by atomic mass is 16.7. The Morgan fingerprint density at radius 3 is 2.62 bits per heavy atom. The first-order chi connectivity index (χ1) is 9.77. The fourth-order valence-electron chi connectivity index (χ4n) is 2.06. The van der Waals surface area contributed by atoms with Crippen molar-refractivity contribution in [1.29, 1.82) is 0 Å². The number of aliphatic hydroxyl groups excluding tert-OH is 4. The van der Waals surface area contributed by atoms with E-state index in [1.54, 1.807) is 0 Å². The molecule has 120 valence electrons. The lowest BCUT2D eigenvalue weighted by Crippen LogP contribution is -2.59. The summed E-state index contributed by atoms with van der Waals surface area (Å²) in [5.41, 5.74) is 0. The van der Waals surface area contributed by atoms with Crippen LogP contribution in [-0.2, 0) is 19.0 Å². The number of aliphatic hydroxyl groups is 5. The molecule has 6 atom stereocenters. The molecule has 0 saturated carbocycles. The molecule has 2 rings (SSSR count). The second-order valence-electron chi connectivity index (χ2n) is 5.01. The first-order valence-electron chi connectivity index (χ1n) is 6.36. The van der Waals surface area contributed by atoms with E-state index in [1.807, 2.05) is 0 Å². The second kappa shape index (κ2) is 5.97. The third-order valence-electron chi connectivity index (χ3n) is 3.37. The van der Waals surface area contributed by atoms with Crippen molar-refractivity contribution in [3.63, 3.8) is 0 Å². The Kier molecular flexibility index (Phi) is 4.63. The van der Waals surface area contributed by atoms with E-state index in [9.17, 15) is 25.2 Å². The summed E-state index contributed by atoms with van der Waals surface area (Å²) in [6.07, 6.45) is -6.16. The van der Waals surface area contributed by atoms with Crippen molar-refractivity contribution in [2.75, 3.05) is 13.2 Å². The second-order valence-corrected chi connectivity index (χ2v) is 5.01. The Morgan fingerprint density at radius 2 is 2.00 bits per heavy atom. The molecule has 0 aromatic rings. The van der Waals surface area contributed by atoms with Gasteiger partial charge in [-0.2, -0.15) is 0 Å². The van der Waals surface area contributed by atoms with E-state index in [-0.39, 0.29) is 12.4 Å². The monoisotopic (exact) mass is 306 g/mol. The summed E-state index contributed by atoms with van der Waals surface area (Å²) in [6.45, 7) is 0.434. The predicted molar refractivity (Wildman–Crippen MR) is 64.5 cm³/mol. The lowest BCUT2D eigenvalue weighted by atomic mass is 9.99. The number of ketones is 1. The maximum Gasteiger partial charge on any atom is 0.255 e. The van der Waals surface area contributed by atoms with Gasteiger partial charge in [0.25, 0.3) is 5.78 Å². The van der Waals surface area contributed by atoms with Crippen LogP contribution >= 0.6 is 0 Å². The highest BCUT2D eigenvalue weighted by Crippen LogP contribution is 2.27. The molecule has 5 N–H and O–H groups in total. The van der Waals surface area contributed by atoms with E-state index >= 15 is 0 Å². The Bertz CT molecular complexity index is 430. The zero-order chi connectivity index (χ0) is 15.8. The average Bonchev–Trinajstić information content (AvgIpc) is 2.44. The maximum absolute atomic E-state index is 11.9. The molecule has 0 aromatic heterocycles. The summed E-state index contributed by atoms with van der Waals surface area (Å²) >= 11 is 0. The number of carbonyl (C=O) groups is 1. The van der Waals surface area contributed by atoms with Crippen LogP contribution in [0.1, 0.15) is 6.92 Å². The molecule has 2 aliphatic rings. The van der Waals surface area contributed by atoms with Crippen LogP contribution in [0.2, 0.25) is 0 Å². The van der Waals surface area contributed by atoms with Crippen molar-refractivity contribution < 1.29 is 44.5 Å². The molecule has 0 unspecified atom stereocenters. The molecule has 9 heteroatoms. The fraction of sp³-hybridized carbons (Fsp3) is 0.750. The van der Waals surface area contributed by atoms with Crippen molar-refractivity contribution in [3.05, 3.63) is 11.8 Å². The molecule has 0 amide bonds. The van der Waals surface area contributed by atoms with E-state index in [0.717, 1.165) is 6.92 Å². The van der Waals surface area contributed by atoms with Gasteiger partial charge in [0, 0.05) is 0 Å². The Morgan fingerprint density at radius 1 is 1.33 bits per heavy atom. The van der Waals surface area contributed by atoms with E-state index < -0.39 is 48.9 Å². The Balaban J connectivity index is 2.11. The SMILES string of the molecule is C[C@@]1(O)OCC=C(O[C@H]2O[C@H](CO)[C@@H](O)[C@H](O)[C@H]2O)C1=O. The number of carbonyl (C=O) groups excluding carboxylic acids is 1. The van der Waals surface area contributed by atoms with E-state index in [4.69, 9.17) is 19.3 Å². The molecule has 2 aliphatic heterocycles. The van der Waals surface area contributed by atoms with Gasteiger partial charge in [-0.25, -0.2) is 0 Å². The predicted octanol–water partition coefficient (Wildman–Crippen LogP) is -3.01. The minimum Gasteiger partial charge on any atom is -0.458 e. The van der Waals surface area contributed by atoms with Crippen LogP contribution in [0.3, 0.4) is 0 Å². The van der Waals surface area contributed by atoms with E-state index in [2.05, 4.69) is 0 Å². The summed E-state index contributed by atoms with van der Waals surface area (Å²) in [4.78, 5) is 11.9. The summed E-state index contributed by atoms with van der Waals surface area (Å²) in [5, 5.41) is 47.8. The Labute approximate surface area is 120 Å². The first-order valence-corrected chi connectivity index (χ1v) is 6.36. The van der Waals surface area contributed by atoms with Crippen LogP contribution < -0.4 is 0 Å². The van der Waals surface area contributed by atoms with Crippen molar-refractivity contribution in [1.82, 2.24) is 0 Å². The van der Waals surface area contributed by atoms with Crippen LogP contribution in [-0.4, -0.2) is 81.0 Å². The first kappa shape index (κ1) is 16.3. The number of rotatable bonds is 3. The largest absolute Gasteiger partial charge is 0.458 e. The van der Waals surface area contributed by atoms with Gasteiger partial charge in [-0.1, -0.05) is 0 Å². The van der Waals surface area contributed by atoms with Gasteiger partial charge in [0.05, 0.1) is 13.2 Å². The van der Waals surface area contributed by atoms with Gasteiger partial charge >= 0.3 is 0 Å². The Hall–Kier alpha value is -1.07. The summed E-state index contributed by atoms with van der Waals surface area (Å²) in [7, 11) is 0. The van der Waals surface area contributed by atoms with Gasteiger partial charge in [-0.15, -0.1) is 0 Å². The molecule has 0 spiro atoms. The van der Waals surface area contributed by atoms with Gasteiger partial charge in [-0.3, -0.25) is 4.79 Å². The molecule has 1 fully saturated rings. The number of hydrogen-bond donors (Lipinski definition) is 5. The zero-order valence-corrected chi connectivity index (χ0v) is 11.2. The number of hydrogen-bond acceptors (Lipinski definition) is 9. The van der Waals surface area contributed by atoms with Crippen LogP contribution in [0.4, 0.5) is 0 Å². The molecular weight excluding hydrogens is 288 g/mol. The fourth-order valence-corrected chi connectivity index (χ4v) is 2.06. The highest BCUT2D eigenvalue weighted by Gasteiger charge is 2.46. The molecule has 0 bridgehead atoms. The van der Waals surface area contributed by atoms with Crippen LogP contribution in [0.5, 0.6) is 0 Å². The highest BCUT2D eigenvalue weighted by molar-refractivity contribution is 5.99. The third-order valence-corrected chi connectivity index (χ3v) is 3.37. The minimum atomic E-state index is -2.06. The molecule has 0 aliphatic carbocycles. The molecule has 0 radical (unpaired) electrons. The maximum atomic E-state index is 11.9. The number of ether oxygens (including phenoxy) is 3. The molecule has 21 heavy (non-hydrogen) atoms. The van der Waals surface area contributed by atoms with Gasteiger partial charge < -0.3 is 39.7 Å². The summed E-state index contributed by atoms with van der Waals surface area (Å²) in [5.74, 6) is -3.22. The van der Waals surface area contributed by atoms with Crippen molar-refractivity contribution >= 4 is 5.78 Å². The third kappa shape index (κ3) is 3.09. The molecule has 1 saturated heterocycles. The molecule has 9 nitrogen and oxygen atoms in total. The normalized spacial score (nSPS) is 44.4. The standard InChI is InChI=1S/C12H18O9/c1-12(18)10(17)5(2-3-19-12)20-11-9(16)8(15)7(14)6(4-13)21-11/h2,6-9,11,13-16,18H,3-4H2,1H3/t6-,7-,8+,9-,11+,12-/m1/s1. The lowest BCUT2D eigenvalue weighted by Gasteiger charge is -2.40. The zero-order valence-electron chi connectivity index (χ0n) is 11.2. The molecular formula is C12H18O9. The van der Waals surface area contributed by atoms with Gasteiger partial charge in [-0.05, 0) is 13.0 Å². The van der Waals surface area contributed by atoms with Crippen molar-refractivity contribution in [3.8, 4) is 0 Å². The van der Waals surface area contributed by atoms with Crippen LogP contribution in [0.25, 0.3) is 0 Å². The molecule has 0 aromatic carbocycles. The van der Waals surface area contributed by atoms with Gasteiger partial charge in [0.1, 0.15) is 24.4 Å². The molecule has 2 heterocycles. The van der Waals surface area contributed by atoms with Crippen molar-refractivity contribution in [2.24, 2.45) is 0 Å². The number of Topliss-reactive ketones (excluding diaryl/α,β-unsaturated/α-hetero) is 1. The van der Waals surface area contributed by atoms with Crippen molar-refractivity contribution in [2.45, 2.75) is 43.4 Å². The average molecular weight is 306 g/mol. The van der Waals surface area contributed by atoms with E-state index in [1.165, 1.54) is 6.08 Å². The van der Waals surface area contributed by atoms with Crippen LogP contribution in [0.15, 0.2) is 11.8 Å². The quantitative estimate of drug-likeness (QED) is 0.368. The van der Waals surface area contributed by atoms with Gasteiger partial charge in [0.15, 0.2) is 5.76 Å². The van der Waals surface area contributed by atoms with Crippen LogP contribution in [0, 0.1) is 0 Å². The topological polar surface area (TPSA) is 146 Å². The summed E-state index contributed by atoms with van der Waals surface area (Å²) < 4.78 is 15.1.